The second-order valence-electron chi connectivity index (χ2n) is 3.62. The second-order valence-corrected chi connectivity index (χ2v) is 3.62. The summed E-state index contributed by atoms with van der Waals surface area (Å²) < 4.78 is 0. The van der Waals surface area contributed by atoms with Crippen molar-refractivity contribution in [2.24, 2.45) is 0 Å². The van der Waals surface area contributed by atoms with E-state index >= 15 is 0 Å². The molecule has 1 atom stereocenters. The number of hydrogen-bond donors (Lipinski definition) is 1. The van der Waals surface area contributed by atoms with Crippen LogP contribution in [0, 0.1) is 0 Å². The molecule has 0 saturated carbocycles. The van der Waals surface area contributed by atoms with Gasteiger partial charge >= 0.3 is 0 Å². The van der Waals surface area contributed by atoms with E-state index in [0.29, 0.717) is 5.76 Å². The van der Waals surface area contributed by atoms with E-state index < -0.39 is 0 Å². The summed E-state index contributed by atoms with van der Waals surface area (Å²) in [7, 11) is 3.89. The molecule has 1 N–H and O–H groups in total. The molecule has 0 aliphatic heterocycles. The third-order valence-electron chi connectivity index (χ3n) is 2.32. The lowest BCUT2D eigenvalue weighted by atomic mass is 10.1. The van der Waals surface area contributed by atoms with E-state index in [0.717, 1.165) is 5.56 Å². The number of aliphatic hydroxyl groups is 1. The molecule has 0 amide bonds. The van der Waals surface area contributed by atoms with Gasteiger partial charge in [0.2, 0.25) is 0 Å². The van der Waals surface area contributed by atoms with Crippen molar-refractivity contribution in [3.63, 3.8) is 0 Å². The molecule has 1 rings (SSSR count). The summed E-state index contributed by atoms with van der Waals surface area (Å²) in [6, 6.07) is 9.87. The van der Waals surface area contributed by atoms with Crippen LogP contribution in [0.1, 0.15) is 12.5 Å². The zero-order valence-electron chi connectivity index (χ0n) is 8.94. The zero-order chi connectivity index (χ0) is 10.6. The maximum absolute atomic E-state index is 9.76. The lowest BCUT2D eigenvalue weighted by molar-refractivity contribution is 0.260. The van der Waals surface area contributed by atoms with Gasteiger partial charge in [0.05, 0.1) is 6.04 Å². The topological polar surface area (TPSA) is 23.5 Å². The van der Waals surface area contributed by atoms with Crippen LogP contribution in [-0.2, 0) is 0 Å². The number of aliphatic hydroxyl groups excluding tert-OH is 1. The van der Waals surface area contributed by atoms with Gasteiger partial charge in [-0.15, -0.1) is 0 Å². The quantitative estimate of drug-likeness (QED) is 0.742. The van der Waals surface area contributed by atoms with E-state index in [9.17, 15) is 5.11 Å². The fourth-order valence-electron chi connectivity index (χ4n) is 1.11. The second kappa shape index (κ2) is 4.82. The Bertz CT molecular complexity index is 303. The monoisotopic (exact) mass is 191 g/mol. The summed E-state index contributed by atoms with van der Waals surface area (Å²) in [5.74, 6) is 0.390. The first-order chi connectivity index (χ1) is 6.61. The Kier molecular flexibility index (Phi) is 3.72. The van der Waals surface area contributed by atoms with E-state index in [2.05, 4.69) is 0 Å². The molecule has 0 fully saturated rings. The van der Waals surface area contributed by atoms with Gasteiger partial charge in [-0.1, -0.05) is 30.3 Å². The molecule has 0 aliphatic rings. The number of rotatable bonds is 3. The molecule has 0 radical (unpaired) electrons. The summed E-state index contributed by atoms with van der Waals surface area (Å²) >= 11 is 0. The van der Waals surface area contributed by atoms with Crippen molar-refractivity contribution in [3.05, 3.63) is 41.7 Å². The maximum Gasteiger partial charge on any atom is 0.110 e. The average molecular weight is 191 g/mol. The minimum Gasteiger partial charge on any atom is -0.511 e. The van der Waals surface area contributed by atoms with Crippen molar-refractivity contribution < 1.29 is 5.11 Å². The van der Waals surface area contributed by atoms with Crippen LogP contribution in [0.5, 0.6) is 0 Å². The molecule has 2 heteroatoms. The van der Waals surface area contributed by atoms with Crippen molar-refractivity contribution >= 4 is 6.08 Å². The minimum absolute atomic E-state index is 0.0511. The fourth-order valence-corrected chi connectivity index (χ4v) is 1.11. The molecule has 1 aromatic carbocycles. The zero-order valence-corrected chi connectivity index (χ0v) is 8.94. The molecular weight excluding hydrogens is 174 g/mol. The van der Waals surface area contributed by atoms with E-state index in [1.807, 2.05) is 56.3 Å². The molecule has 76 valence electrons. The summed E-state index contributed by atoms with van der Waals surface area (Å²) in [6.45, 7) is 1.97. The minimum atomic E-state index is 0.0511. The van der Waals surface area contributed by atoms with Crippen LogP contribution in [-0.4, -0.2) is 30.1 Å². The van der Waals surface area contributed by atoms with E-state index in [4.69, 9.17) is 0 Å². The molecule has 0 saturated heterocycles. The summed E-state index contributed by atoms with van der Waals surface area (Å²) in [6.07, 6.45) is 1.80. The average Bonchev–Trinajstić information content (AvgIpc) is 2.18. The Hall–Kier alpha value is -1.28. The molecule has 2 nitrogen and oxygen atoms in total. The van der Waals surface area contributed by atoms with Crippen LogP contribution in [0.3, 0.4) is 0 Å². The van der Waals surface area contributed by atoms with Gasteiger partial charge in [0.25, 0.3) is 0 Å². The Morgan fingerprint density at radius 2 is 1.86 bits per heavy atom. The summed E-state index contributed by atoms with van der Waals surface area (Å²) in [4.78, 5) is 1.97. The molecule has 1 aromatic rings. The van der Waals surface area contributed by atoms with Crippen molar-refractivity contribution in [2.75, 3.05) is 14.1 Å². The van der Waals surface area contributed by atoms with Gasteiger partial charge in [0.15, 0.2) is 0 Å². The Labute approximate surface area is 85.5 Å². The number of nitrogens with zero attached hydrogens (tertiary/aromatic N) is 1. The normalized spacial score (nSPS) is 14.4. The largest absolute Gasteiger partial charge is 0.511 e. The summed E-state index contributed by atoms with van der Waals surface area (Å²) in [5, 5.41) is 9.76. The van der Waals surface area contributed by atoms with Crippen molar-refractivity contribution in [3.8, 4) is 0 Å². The predicted molar refractivity (Wildman–Crippen MR) is 60.2 cm³/mol. The third-order valence-corrected chi connectivity index (χ3v) is 2.32. The fraction of sp³-hybridized carbons (Fsp3) is 0.333. The number of hydrogen-bond acceptors (Lipinski definition) is 2. The Morgan fingerprint density at radius 3 is 2.36 bits per heavy atom. The Morgan fingerprint density at radius 1 is 1.29 bits per heavy atom. The van der Waals surface area contributed by atoms with Crippen LogP contribution in [0.25, 0.3) is 6.08 Å². The van der Waals surface area contributed by atoms with Gasteiger partial charge in [-0.3, -0.25) is 4.90 Å². The van der Waals surface area contributed by atoms with Gasteiger partial charge in [-0.2, -0.15) is 0 Å². The van der Waals surface area contributed by atoms with Crippen LogP contribution in [0.2, 0.25) is 0 Å². The van der Waals surface area contributed by atoms with Crippen LogP contribution < -0.4 is 0 Å². The van der Waals surface area contributed by atoms with Crippen LogP contribution in [0.4, 0.5) is 0 Å². The molecule has 14 heavy (non-hydrogen) atoms. The first kappa shape index (κ1) is 10.8. The highest BCUT2D eigenvalue weighted by molar-refractivity contribution is 5.51. The van der Waals surface area contributed by atoms with Crippen LogP contribution >= 0.6 is 0 Å². The highest BCUT2D eigenvalue weighted by Gasteiger charge is 2.08. The highest BCUT2D eigenvalue weighted by Crippen LogP contribution is 2.09. The third kappa shape index (κ3) is 2.89. The lowest BCUT2D eigenvalue weighted by Gasteiger charge is -2.18. The molecule has 0 heterocycles. The maximum atomic E-state index is 9.76. The molecule has 0 spiro atoms. The first-order valence-electron chi connectivity index (χ1n) is 4.73. The van der Waals surface area contributed by atoms with E-state index in [1.165, 1.54) is 0 Å². The molecule has 0 aromatic heterocycles. The molecule has 0 aliphatic carbocycles. The smallest absolute Gasteiger partial charge is 0.110 e. The van der Waals surface area contributed by atoms with Crippen molar-refractivity contribution in [1.82, 2.24) is 4.90 Å². The number of benzene rings is 1. The SMILES string of the molecule is C[C@@H](C(O)=Cc1ccccc1)N(C)C. The Balaban J connectivity index is 2.79. The van der Waals surface area contributed by atoms with Crippen molar-refractivity contribution in [1.29, 1.82) is 0 Å². The first-order valence-corrected chi connectivity index (χ1v) is 4.73. The standard InChI is InChI=1S/C12H17NO/c1-10(13(2)3)12(14)9-11-7-5-4-6-8-11/h4-10,14H,1-3H3/t10-/m0/s1. The molecule has 0 unspecified atom stereocenters. The molecule has 0 bridgehead atoms. The predicted octanol–water partition coefficient (Wildman–Crippen LogP) is 2.54. The summed E-state index contributed by atoms with van der Waals surface area (Å²) in [5.41, 5.74) is 1.03. The van der Waals surface area contributed by atoms with Gasteiger partial charge < -0.3 is 5.11 Å². The van der Waals surface area contributed by atoms with Gasteiger partial charge in [0.1, 0.15) is 5.76 Å². The van der Waals surface area contributed by atoms with Gasteiger partial charge in [-0.25, -0.2) is 0 Å². The number of likely N-dealkylation sites (N-methyl/N-ethyl adjacent to an activating group) is 1. The van der Waals surface area contributed by atoms with Crippen molar-refractivity contribution in [2.45, 2.75) is 13.0 Å². The highest BCUT2D eigenvalue weighted by atomic mass is 16.3. The molecular formula is C12H17NO. The van der Waals surface area contributed by atoms with Crippen LogP contribution in [0.15, 0.2) is 36.1 Å². The van der Waals surface area contributed by atoms with Gasteiger partial charge in [0, 0.05) is 0 Å². The van der Waals surface area contributed by atoms with E-state index in [1.54, 1.807) is 6.08 Å². The van der Waals surface area contributed by atoms with E-state index in [-0.39, 0.29) is 6.04 Å². The van der Waals surface area contributed by atoms with Gasteiger partial charge in [-0.05, 0) is 32.7 Å². The lowest BCUT2D eigenvalue weighted by Crippen LogP contribution is -2.26.